The lowest BCUT2D eigenvalue weighted by Crippen LogP contribution is -2.31. The van der Waals surface area contributed by atoms with Crippen molar-refractivity contribution in [2.24, 2.45) is 0 Å². The zero-order valence-electron chi connectivity index (χ0n) is 10.5. The van der Waals surface area contributed by atoms with E-state index in [1.165, 1.54) is 6.33 Å². The Morgan fingerprint density at radius 1 is 1.42 bits per heavy atom. The first-order valence-electron chi connectivity index (χ1n) is 5.90. The molecule has 1 atom stereocenters. The third-order valence-electron chi connectivity index (χ3n) is 2.76. The van der Waals surface area contributed by atoms with Gasteiger partial charge in [0.1, 0.15) is 18.2 Å². The molecule has 1 aromatic carbocycles. The van der Waals surface area contributed by atoms with E-state index >= 15 is 0 Å². The van der Waals surface area contributed by atoms with Crippen molar-refractivity contribution in [2.75, 3.05) is 19.0 Å². The van der Waals surface area contributed by atoms with E-state index < -0.39 is 12.0 Å². The minimum absolute atomic E-state index is 0.365. The van der Waals surface area contributed by atoms with Gasteiger partial charge in [0.2, 0.25) is 0 Å². The van der Waals surface area contributed by atoms with Crippen molar-refractivity contribution in [1.82, 2.24) is 9.97 Å². The zero-order chi connectivity index (χ0) is 13.7. The van der Waals surface area contributed by atoms with Gasteiger partial charge in [0.15, 0.2) is 0 Å². The quantitative estimate of drug-likeness (QED) is 0.820. The van der Waals surface area contributed by atoms with Gasteiger partial charge in [-0.05, 0) is 12.1 Å². The normalized spacial score (nSPS) is 12.3. The topological polar surface area (TPSA) is 84.3 Å². The summed E-state index contributed by atoms with van der Waals surface area (Å²) >= 11 is 0. The van der Waals surface area contributed by atoms with Gasteiger partial charge in [0.05, 0.1) is 5.52 Å². The minimum Gasteiger partial charge on any atom is -0.480 e. The highest BCUT2D eigenvalue weighted by Crippen LogP contribution is 2.19. The van der Waals surface area contributed by atoms with Crippen LogP contribution >= 0.6 is 0 Å². The van der Waals surface area contributed by atoms with Gasteiger partial charge in [0.25, 0.3) is 0 Å². The van der Waals surface area contributed by atoms with E-state index in [0.29, 0.717) is 18.8 Å². The van der Waals surface area contributed by atoms with Crippen LogP contribution in [0.1, 0.15) is 6.42 Å². The Hall–Kier alpha value is -2.21. The van der Waals surface area contributed by atoms with Crippen molar-refractivity contribution in [2.45, 2.75) is 12.5 Å². The predicted molar refractivity (Wildman–Crippen MR) is 71.1 cm³/mol. The van der Waals surface area contributed by atoms with Crippen LogP contribution in [-0.4, -0.2) is 40.8 Å². The summed E-state index contributed by atoms with van der Waals surface area (Å²) in [4.78, 5) is 19.4. The summed E-state index contributed by atoms with van der Waals surface area (Å²) in [5.41, 5.74) is 0.774. The van der Waals surface area contributed by atoms with Gasteiger partial charge in [-0.25, -0.2) is 14.8 Å². The standard InChI is InChI=1S/C13H15N3O3/c1-19-7-6-11(13(17)18)16-12-9-4-2-3-5-10(9)14-8-15-12/h2-5,8,11H,6-7H2,1H3,(H,17,18)(H,14,15,16). The minimum atomic E-state index is -0.931. The largest absolute Gasteiger partial charge is 0.480 e. The molecule has 0 aliphatic carbocycles. The van der Waals surface area contributed by atoms with Crippen LogP contribution in [0, 0.1) is 0 Å². The van der Waals surface area contributed by atoms with E-state index in [-0.39, 0.29) is 0 Å². The number of carboxylic acids is 1. The number of nitrogens with zero attached hydrogens (tertiary/aromatic N) is 2. The number of nitrogens with one attached hydrogen (secondary N) is 1. The second-order valence-electron chi connectivity index (χ2n) is 4.06. The van der Waals surface area contributed by atoms with Crippen LogP contribution in [0.15, 0.2) is 30.6 Å². The Balaban J connectivity index is 2.26. The van der Waals surface area contributed by atoms with Gasteiger partial charge in [-0.15, -0.1) is 0 Å². The van der Waals surface area contributed by atoms with Crippen molar-refractivity contribution < 1.29 is 14.6 Å². The molecule has 0 bridgehead atoms. The maximum Gasteiger partial charge on any atom is 0.326 e. The number of anilines is 1. The average Bonchev–Trinajstić information content (AvgIpc) is 2.43. The Kier molecular flexibility index (Phi) is 4.25. The second kappa shape index (κ2) is 6.10. The first kappa shape index (κ1) is 13.2. The highest BCUT2D eigenvalue weighted by atomic mass is 16.5. The SMILES string of the molecule is COCCC(Nc1ncnc2ccccc12)C(=O)O. The molecule has 0 saturated carbocycles. The van der Waals surface area contributed by atoms with Crippen LogP contribution in [0.3, 0.4) is 0 Å². The number of rotatable bonds is 6. The van der Waals surface area contributed by atoms with Crippen LogP contribution in [0.25, 0.3) is 10.9 Å². The first-order chi connectivity index (χ1) is 9.22. The average molecular weight is 261 g/mol. The van der Waals surface area contributed by atoms with Gasteiger partial charge in [0, 0.05) is 25.5 Å². The number of carbonyl (C=O) groups is 1. The molecule has 19 heavy (non-hydrogen) atoms. The fourth-order valence-corrected chi connectivity index (χ4v) is 1.78. The van der Waals surface area contributed by atoms with Gasteiger partial charge < -0.3 is 15.2 Å². The number of carboxylic acid groups (broad SMARTS) is 1. The van der Waals surface area contributed by atoms with E-state index in [9.17, 15) is 9.90 Å². The highest BCUT2D eigenvalue weighted by molar-refractivity contribution is 5.90. The zero-order valence-corrected chi connectivity index (χ0v) is 10.5. The van der Waals surface area contributed by atoms with Gasteiger partial charge in [-0.3, -0.25) is 0 Å². The lowest BCUT2D eigenvalue weighted by atomic mass is 10.2. The number of ether oxygens (including phenoxy) is 1. The lowest BCUT2D eigenvalue weighted by molar-refractivity contribution is -0.138. The van der Waals surface area contributed by atoms with Crippen LogP contribution in [-0.2, 0) is 9.53 Å². The van der Waals surface area contributed by atoms with E-state index in [4.69, 9.17) is 4.74 Å². The third kappa shape index (κ3) is 3.17. The summed E-state index contributed by atoms with van der Waals surface area (Å²) in [6.45, 7) is 0.368. The number of fused-ring (bicyclic) bond motifs is 1. The van der Waals surface area contributed by atoms with Gasteiger partial charge in [-0.1, -0.05) is 12.1 Å². The number of aliphatic carboxylic acids is 1. The molecule has 0 spiro atoms. The molecular weight excluding hydrogens is 246 g/mol. The van der Waals surface area contributed by atoms with Gasteiger partial charge >= 0.3 is 5.97 Å². The first-order valence-corrected chi connectivity index (χ1v) is 5.90. The lowest BCUT2D eigenvalue weighted by Gasteiger charge is -2.15. The van der Waals surface area contributed by atoms with Crippen LogP contribution in [0.2, 0.25) is 0 Å². The molecule has 100 valence electrons. The molecule has 6 nitrogen and oxygen atoms in total. The maximum absolute atomic E-state index is 11.2. The predicted octanol–water partition coefficient (Wildman–Crippen LogP) is 1.53. The molecule has 0 saturated heterocycles. The fraction of sp³-hybridized carbons (Fsp3) is 0.308. The summed E-state index contributed by atoms with van der Waals surface area (Å²) in [5.74, 6) is -0.408. The number of benzene rings is 1. The van der Waals surface area contributed by atoms with Crippen molar-refractivity contribution in [3.05, 3.63) is 30.6 Å². The molecule has 0 fully saturated rings. The summed E-state index contributed by atoms with van der Waals surface area (Å²) < 4.78 is 4.91. The van der Waals surface area contributed by atoms with Crippen LogP contribution in [0.5, 0.6) is 0 Å². The van der Waals surface area contributed by atoms with Crippen molar-refractivity contribution in [3.63, 3.8) is 0 Å². The van der Waals surface area contributed by atoms with E-state index in [1.54, 1.807) is 7.11 Å². The number of hydrogen-bond donors (Lipinski definition) is 2. The second-order valence-corrected chi connectivity index (χ2v) is 4.06. The molecule has 0 aliphatic rings. The summed E-state index contributed by atoms with van der Waals surface area (Å²) in [7, 11) is 1.54. The van der Waals surface area contributed by atoms with Crippen molar-refractivity contribution >= 4 is 22.7 Å². The Morgan fingerprint density at radius 2 is 2.21 bits per heavy atom. The molecule has 6 heteroatoms. The molecule has 0 amide bonds. The van der Waals surface area contributed by atoms with E-state index in [0.717, 1.165) is 10.9 Å². The number of aromatic nitrogens is 2. The smallest absolute Gasteiger partial charge is 0.326 e. The molecule has 1 aromatic heterocycles. The summed E-state index contributed by atoms with van der Waals surface area (Å²) in [6, 6.07) is 6.71. The summed E-state index contributed by atoms with van der Waals surface area (Å²) in [6.07, 6.45) is 1.78. The Bertz CT molecular complexity index is 569. The van der Waals surface area contributed by atoms with Crippen molar-refractivity contribution in [3.8, 4) is 0 Å². The molecule has 2 N–H and O–H groups in total. The molecule has 0 radical (unpaired) electrons. The Morgan fingerprint density at radius 3 is 2.95 bits per heavy atom. The number of methoxy groups -OCH3 is 1. The molecule has 1 unspecified atom stereocenters. The van der Waals surface area contributed by atoms with E-state index in [1.807, 2.05) is 24.3 Å². The Labute approximate surface area is 110 Å². The summed E-state index contributed by atoms with van der Waals surface area (Å²) in [5, 5.41) is 12.9. The molecule has 0 aliphatic heterocycles. The highest BCUT2D eigenvalue weighted by Gasteiger charge is 2.18. The van der Waals surface area contributed by atoms with E-state index in [2.05, 4.69) is 15.3 Å². The van der Waals surface area contributed by atoms with Crippen LogP contribution in [0.4, 0.5) is 5.82 Å². The van der Waals surface area contributed by atoms with Crippen molar-refractivity contribution in [1.29, 1.82) is 0 Å². The number of para-hydroxylation sites is 1. The molecular formula is C13H15N3O3. The maximum atomic E-state index is 11.2. The third-order valence-corrected chi connectivity index (χ3v) is 2.76. The van der Waals surface area contributed by atoms with Crippen LogP contribution < -0.4 is 5.32 Å². The monoisotopic (exact) mass is 261 g/mol. The van der Waals surface area contributed by atoms with Gasteiger partial charge in [-0.2, -0.15) is 0 Å². The fourth-order valence-electron chi connectivity index (χ4n) is 1.78. The molecule has 2 rings (SSSR count). The number of hydrogen-bond acceptors (Lipinski definition) is 5. The molecule has 1 heterocycles. The molecule has 2 aromatic rings.